The zero-order valence-corrected chi connectivity index (χ0v) is 16.6. The van der Waals surface area contributed by atoms with Gasteiger partial charge in [0.1, 0.15) is 5.75 Å². The molecular formula is C18H16Cl2N2O4S. The lowest BCUT2D eigenvalue weighted by atomic mass is 10.1. The molecule has 9 heteroatoms. The van der Waals surface area contributed by atoms with Crippen LogP contribution in [0.15, 0.2) is 42.5 Å². The highest BCUT2D eigenvalue weighted by Crippen LogP contribution is 2.40. The van der Waals surface area contributed by atoms with Crippen LogP contribution < -0.4 is 14.5 Å². The smallest absolute Gasteiger partial charge is 0.329 e. The molecule has 6 nitrogen and oxygen atoms in total. The van der Waals surface area contributed by atoms with Crippen LogP contribution in [0.1, 0.15) is 0 Å². The van der Waals surface area contributed by atoms with E-state index in [2.05, 4.69) is 0 Å². The van der Waals surface area contributed by atoms with Crippen molar-refractivity contribution in [2.45, 2.75) is 12.1 Å². The van der Waals surface area contributed by atoms with Gasteiger partial charge >= 0.3 is 6.03 Å². The van der Waals surface area contributed by atoms with Crippen molar-refractivity contribution in [2.75, 3.05) is 28.4 Å². The van der Waals surface area contributed by atoms with Crippen LogP contribution in [-0.2, 0) is 9.84 Å². The first-order chi connectivity index (χ1) is 12.8. The zero-order chi connectivity index (χ0) is 19.3. The van der Waals surface area contributed by atoms with Crippen LogP contribution in [0, 0.1) is 0 Å². The molecule has 0 N–H and O–H groups in total. The Hall–Kier alpha value is -1.96. The summed E-state index contributed by atoms with van der Waals surface area (Å²) < 4.78 is 29.9. The van der Waals surface area contributed by atoms with Gasteiger partial charge in [0, 0.05) is 17.4 Å². The number of rotatable bonds is 3. The lowest BCUT2D eigenvalue weighted by molar-refractivity contribution is 0.255. The van der Waals surface area contributed by atoms with E-state index in [1.165, 1.54) is 16.9 Å². The lowest BCUT2D eigenvalue weighted by Crippen LogP contribution is -2.37. The maximum absolute atomic E-state index is 13.3. The summed E-state index contributed by atoms with van der Waals surface area (Å²) in [5.74, 6) is 0.411. The van der Waals surface area contributed by atoms with Gasteiger partial charge in [0.25, 0.3) is 0 Å². The second-order valence-electron chi connectivity index (χ2n) is 6.53. The van der Waals surface area contributed by atoms with Crippen molar-refractivity contribution in [1.29, 1.82) is 0 Å². The molecule has 27 heavy (non-hydrogen) atoms. The van der Waals surface area contributed by atoms with Gasteiger partial charge in [0.15, 0.2) is 9.84 Å². The number of hydrogen-bond acceptors (Lipinski definition) is 4. The Bertz CT molecular complexity index is 1030. The number of ether oxygens (including phenoxy) is 1. The van der Waals surface area contributed by atoms with Crippen molar-refractivity contribution < 1.29 is 17.9 Å². The molecule has 2 amide bonds. The Kier molecular flexibility index (Phi) is 4.49. The molecule has 0 aliphatic carbocycles. The second-order valence-corrected chi connectivity index (χ2v) is 9.50. The predicted molar refractivity (Wildman–Crippen MR) is 106 cm³/mol. The van der Waals surface area contributed by atoms with Gasteiger partial charge in [-0.25, -0.2) is 13.2 Å². The Labute approximate surface area is 167 Å². The minimum Gasteiger partial charge on any atom is -0.497 e. The fourth-order valence-electron chi connectivity index (χ4n) is 3.70. The third-order valence-corrected chi connectivity index (χ3v) is 7.32. The number of carbonyl (C=O) groups excluding carboxylic acids is 1. The number of anilines is 2. The largest absolute Gasteiger partial charge is 0.497 e. The van der Waals surface area contributed by atoms with E-state index in [1.54, 1.807) is 42.5 Å². The number of urea groups is 1. The van der Waals surface area contributed by atoms with Crippen LogP contribution >= 0.6 is 23.2 Å². The summed E-state index contributed by atoms with van der Waals surface area (Å²) in [5, 5.41) is 0.673. The number of carbonyl (C=O) groups is 1. The minimum absolute atomic E-state index is 0.0849. The molecule has 0 saturated carbocycles. The van der Waals surface area contributed by atoms with Crippen LogP contribution in [0.4, 0.5) is 16.2 Å². The first-order valence-corrected chi connectivity index (χ1v) is 10.8. The monoisotopic (exact) mass is 426 g/mol. The topological polar surface area (TPSA) is 66.9 Å². The molecular weight excluding hydrogens is 411 g/mol. The van der Waals surface area contributed by atoms with E-state index in [0.717, 1.165) is 0 Å². The normalized spacial score (nSPS) is 23.6. The van der Waals surface area contributed by atoms with E-state index in [4.69, 9.17) is 27.9 Å². The van der Waals surface area contributed by atoms with Crippen molar-refractivity contribution in [3.63, 3.8) is 0 Å². The maximum Gasteiger partial charge on any atom is 0.329 e. The average molecular weight is 427 g/mol. The molecule has 0 spiro atoms. The third-order valence-electron chi connectivity index (χ3n) is 4.88. The summed E-state index contributed by atoms with van der Waals surface area (Å²) in [5.41, 5.74) is 1.11. The summed E-state index contributed by atoms with van der Waals surface area (Å²) in [6, 6.07) is 10.6. The lowest BCUT2D eigenvalue weighted by Gasteiger charge is -2.23. The van der Waals surface area contributed by atoms with Gasteiger partial charge in [-0.3, -0.25) is 9.80 Å². The summed E-state index contributed by atoms with van der Waals surface area (Å²) in [6.07, 6.45) is 0. The molecule has 2 aliphatic rings. The standard InChI is InChI=1S/C18H16Cl2N2O4S/c1-26-13-4-2-3-11(7-13)21-16-9-27(24,25)10-17(16)22(18(21)23)12-5-6-14(19)15(20)8-12/h2-8,16-17H,9-10H2,1H3/t16-,17-/m1/s1. The summed E-state index contributed by atoms with van der Waals surface area (Å²) in [4.78, 5) is 16.3. The van der Waals surface area contributed by atoms with Gasteiger partial charge < -0.3 is 4.74 Å². The molecule has 4 rings (SSSR count). The fraction of sp³-hybridized carbons (Fsp3) is 0.278. The molecule has 2 aromatic rings. The molecule has 0 radical (unpaired) electrons. The van der Waals surface area contributed by atoms with Gasteiger partial charge in [0.05, 0.1) is 40.7 Å². The number of halogens is 2. The van der Waals surface area contributed by atoms with E-state index >= 15 is 0 Å². The van der Waals surface area contributed by atoms with Crippen molar-refractivity contribution in [2.24, 2.45) is 0 Å². The first kappa shape index (κ1) is 18.4. The minimum atomic E-state index is -3.27. The summed E-state index contributed by atoms with van der Waals surface area (Å²) in [7, 11) is -1.73. The molecule has 2 heterocycles. The molecule has 2 fully saturated rings. The van der Waals surface area contributed by atoms with Crippen LogP contribution in [0.3, 0.4) is 0 Å². The molecule has 2 saturated heterocycles. The predicted octanol–water partition coefficient (Wildman–Crippen LogP) is 3.61. The van der Waals surface area contributed by atoms with Crippen LogP contribution in [0.2, 0.25) is 10.0 Å². The molecule has 0 aromatic heterocycles. The number of nitrogens with zero attached hydrogens (tertiary/aromatic N) is 2. The Morgan fingerprint density at radius 1 is 0.963 bits per heavy atom. The average Bonchev–Trinajstić information content (AvgIpc) is 3.06. The van der Waals surface area contributed by atoms with E-state index < -0.39 is 21.9 Å². The second kappa shape index (κ2) is 6.58. The summed E-state index contributed by atoms with van der Waals surface area (Å²) in [6.45, 7) is 0. The first-order valence-electron chi connectivity index (χ1n) is 8.23. The highest BCUT2D eigenvalue weighted by molar-refractivity contribution is 7.91. The molecule has 2 aliphatic heterocycles. The summed E-state index contributed by atoms with van der Waals surface area (Å²) >= 11 is 12.1. The van der Waals surface area contributed by atoms with Crippen LogP contribution in [-0.4, -0.2) is 45.1 Å². The Morgan fingerprint density at radius 2 is 1.59 bits per heavy atom. The zero-order valence-electron chi connectivity index (χ0n) is 14.3. The number of benzene rings is 2. The Morgan fingerprint density at radius 3 is 2.19 bits per heavy atom. The maximum atomic E-state index is 13.3. The number of methoxy groups -OCH3 is 1. The van der Waals surface area contributed by atoms with Crippen molar-refractivity contribution in [3.05, 3.63) is 52.5 Å². The van der Waals surface area contributed by atoms with Crippen LogP contribution in [0.25, 0.3) is 0 Å². The number of amides is 2. The highest BCUT2D eigenvalue weighted by atomic mass is 35.5. The van der Waals surface area contributed by atoms with Crippen molar-refractivity contribution in [1.82, 2.24) is 0 Å². The molecule has 2 aromatic carbocycles. The molecule has 0 bridgehead atoms. The van der Waals surface area contributed by atoms with E-state index in [0.29, 0.717) is 27.2 Å². The van der Waals surface area contributed by atoms with Gasteiger partial charge in [-0.1, -0.05) is 29.3 Å². The van der Waals surface area contributed by atoms with E-state index in [9.17, 15) is 13.2 Å². The SMILES string of the molecule is COc1cccc(N2C(=O)N(c3ccc(Cl)c(Cl)c3)[C@@H]3CS(=O)(=O)C[C@H]32)c1. The van der Waals surface area contributed by atoms with Gasteiger partial charge in [-0.15, -0.1) is 0 Å². The molecule has 142 valence electrons. The number of hydrogen-bond donors (Lipinski definition) is 0. The third kappa shape index (κ3) is 3.13. The number of fused-ring (bicyclic) bond motifs is 1. The van der Waals surface area contributed by atoms with E-state index in [1.807, 2.05) is 0 Å². The fourth-order valence-corrected chi connectivity index (χ4v) is 5.91. The quantitative estimate of drug-likeness (QED) is 0.702. The molecule has 0 unspecified atom stereocenters. The highest BCUT2D eigenvalue weighted by Gasteiger charge is 2.54. The van der Waals surface area contributed by atoms with Crippen LogP contribution in [0.5, 0.6) is 5.75 Å². The van der Waals surface area contributed by atoms with Gasteiger partial charge in [0.2, 0.25) is 0 Å². The van der Waals surface area contributed by atoms with Crippen molar-refractivity contribution >= 4 is 50.4 Å². The van der Waals surface area contributed by atoms with Crippen molar-refractivity contribution in [3.8, 4) is 5.75 Å². The van der Waals surface area contributed by atoms with Gasteiger partial charge in [-0.05, 0) is 30.3 Å². The Balaban J connectivity index is 1.81. The number of sulfone groups is 1. The van der Waals surface area contributed by atoms with Gasteiger partial charge in [-0.2, -0.15) is 0 Å². The van der Waals surface area contributed by atoms with E-state index in [-0.39, 0.29) is 17.5 Å². The molecule has 2 atom stereocenters.